The largest absolute Gasteiger partial charge is 0.383 e. The second-order valence-corrected chi connectivity index (χ2v) is 3.51. The lowest BCUT2D eigenvalue weighted by Gasteiger charge is -2.32. The number of hydrogen-bond donors (Lipinski definition) is 2. The Kier molecular flexibility index (Phi) is 2.88. The monoisotopic (exact) mass is 172 g/mol. The normalized spacial score (nSPS) is 36.8. The maximum absolute atomic E-state index is 9.49. The van der Waals surface area contributed by atoms with Crippen LogP contribution in [0.15, 0.2) is 11.1 Å². The molecule has 0 bridgehead atoms. The van der Waals surface area contributed by atoms with Crippen LogP contribution in [0.25, 0.3) is 0 Å². The summed E-state index contributed by atoms with van der Waals surface area (Å²) in [6, 6.07) is 0. The van der Waals surface area contributed by atoms with Crippen molar-refractivity contribution in [2.75, 3.05) is 0 Å². The summed E-state index contributed by atoms with van der Waals surface area (Å²) in [5.41, 5.74) is 1.97. The van der Waals surface area contributed by atoms with E-state index >= 15 is 0 Å². The van der Waals surface area contributed by atoms with Gasteiger partial charge in [0.1, 0.15) is 6.10 Å². The van der Waals surface area contributed by atoms with E-state index in [1.807, 2.05) is 20.8 Å². The highest BCUT2D eigenvalue weighted by Crippen LogP contribution is 2.25. The first-order chi connectivity index (χ1) is 5.52. The van der Waals surface area contributed by atoms with Crippen molar-refractivity contribution in [3.63, 3.8) is 0 Å². The molecule has 1 saturated heterocycles. The summed E-state index contributed by atoms with van der Waals surface area (Å²) in [6.07, 6.45) is -1.20. The van der Waals surface area contributed by atoms with Crippen molar-refractivity contribution in [2.45, 2.75) is 45.7 Å². The van der Waals surface area contributed by atoms with E-state index in [9.17, 15) is 10.2 Å². The van der Waals surface area contributed by atoms with Gasteiger partial charge in [-0.25, -0.2) is 0 Å². The number of rotatable bonds is 0. The fourth-order valence-electron chi connectivity index (χ4n) is 1.46. The van der Waals surface area contributed by atoms with Crippen LogP contribution >= 0.6 is 0 Å². The summed E-state index contributed by atoms with van der Waals surface area (Å²) in [5, 5.41) is 18.8. The molecule has 12 heavy (non-hydrogen) atoms. The van der Waals surface area contributed by atoms with E-state index in [1.165, 1.54) is 0 Å². The minimum Gasteiger partial charge on any atom is -0.383 e. The molecule has 0 spiro atoms. The average molecular weight is 172 g/mol. The highest BCUT2D eigenvalue weighted by atomic mass is 16.6. The Morgan fingerprint density at radius 3 is 2.50 bits per heavy atom. The first-order valence-electron chi connectivity index (χ1n) is 4.20. The molecule has 1 aliphatic heterocycles. The van der Waals surface area contributed by atoms with Crippen molar-refractivity contribution in [1.29, 1.82) is 0 Å². The third-order valence-corrected chi connectivity index (χ3v) is 2.15. The Bertz CT molecular complexity index is 194. The predicted molar refractivity (Wildman–Crippen MR) is 45.6 cm³/mol. The Morgan fingerprint density at radius 2 is 2.00 bits per heavy atom. The lowest BCUT2D eigenvalue weighted by atomic mass is 9.95. The zero-order chi connectivity index (χ0) is 9.30. The van der Waals surface area contributed by atoms with Crippen LogP contribution in [0.4, 0.5) is 0 Å². The number of hydrogen-bond acceptors (Lipinski definition) is 3. The minimum atomic E-state index is -1.06. The van der Waals surface area contributed by atoms with Gasteiger partial charge in [0.2, 0.25) is 0 Å². The van der Waals surface area contributed by atoms with Crippen molar-refractivity contribution in [3.8, 4) is 0 Å². The Hall–Kier alpha value is -0.380. The third kappa shape index (κ3) is 1.86. The molecule has 1 heterocycles. The molecule has 1 rings (SSSR count). The first-order valence-corrected chi connectivity index (χ1v) is 4.20. The Morgan fingerprint density at radius 1 is 1.42 bits per heavy atom. The highest BCUT2D eigenvalue weighted by Gasteiger charge is 2.30. The number of aliphatic hydroxyl groups is 2. The fraction of sp³-hybridized carbons (Fsp3) is 0.778. The van der Waals surface area contributed by atoms with E-state index in [1.54, 1.807) is 0 Å². The molecule has 0 aromatic carbocycles. The second kappa shape index (κ2) is 3.56. The molecule has 3 heteroatoms. The Labute approximate surface area is 72.7 Å². The molecule has 1 fully saturated rings. The topological polar surface area (TPSA) is 49.7 Å². The number of ether oxygens (including phenoxy) is 1. The third-order valence-electron chi connectivity index (χ3n) is 2.15. The zero-order valence-electron chi connectivity index (χ0n) is 7.74. The lowest BCUT2D eigenvalue weighted by Crippen LogP contribution is -2.39. The van der Waals surface area contributed by atoms with Crippen LogP contribution in [-0.2, 0) is 4.74 Å². The van der Waals surface area contributed by atoms with E-state index < -0.39 is 12.4 Å². The van der Waals surface area contributed by atoms with E-state index in [0.717, 1.165) is 11.1 Å². The lowest BCUT2D eigenvalue weighted by molar-refractivity contribution is -0.192. The van der Waals surface area contributed by atoms with Gasteiger partial charge in [-0.05, 0) is 32.8 Å². The molecule has 3 atom stereocenters. The summed E-state index contributed by atoms with van der Waals surface area (Å²) in [4.78, 5) is 0. The van der Waals surface area contributed by atoms with Crippen molar-refractivity contribution in [2.24, 2.45) is 0 Å². The van der Waals surface area contributed by atoms with Crippen molar-refractivity contribution in [3.05, 3.63) is 11.1 Å². The summed E-state index contributed by atoms with van der Waals surface area (Å²) >= 11 is 0. The molecule has 1 unspecified atom stereocenters. The van der Waals surface area contributed by atoms with Crippen LogP contribution in [-0.4, -0.2) is 28.7 Å². The van der Waals surface area contributed by atoms with Crippen LogP contribution in [0.5, 0.6) is 0 Å². The average Bonchev–Trinajstić information content (AvgIpc) is 1.96. The molecule has 2 N–H and O–H groups in total. The molecule has 0 radical (unpaired) electrons. The quantitative estimate of drug-likeness (QED) is 0.532. The second-order valence-electron chi connectivity index (χ2n) is 3.51. The molecule has 70 valence electrons. The summed E-state index contributed by atoms with van der Waals surface area (Å²) in [5.74, 6) is 0. The van der Waals surface area contributed by atoms with Crippen LogP contribution in [0.2, 0.25) is 0 Å². The molecule has 0 aromatic rings. The molecule has 1 aliphatic rings. The number of allylic oxidation sites excluding steroid dienone is 1. The maximum Gasteiger partial charge on any atom is 0.185 e. The smallest absolute Gasteiger partial charge is 0.185 e. The van der Waals surface area contributed by atoms with Gasteiger partial charge in [-0.15, -0.1) is 0 Å². The van der Waals surface area contributed by atoms with E-state index in [4.69, 9.17) is 4.74 Å². The van der Waals surface area contributed by atoms with Gasteiger partial charge in [-0.1, -0.05) is 5.57 Å². The van der Waals surface area contributed by atoms with E-state index in [-0.39, 0.29) is 6.10 Å². The van der Waals surface area contributed by atoms with Gasteiger partial charge < -0.3 is 14.9 Å². The fourth-order valence-corrected chi connectivity index (χ4v) is 1.46. The van der Waals surface area contributed by atoms with Gasteiger partial charge in [0.15, 0.2) is 6.29 Å². The highest BCUT2D eigenvalue weighted by molar-refractivity contribution is 5.18. The van der Waals surface area contributed by atoms with Crippen molar-refractivity contribution >= 4 is 0 Å². The maximum atomic E-state index is 9.49. The molecule has 3 nitrogen and oxygen atoms in total. The minimum absolute atomic E-state index is 0.00620. The molecule has 0 aliphatic carbocycles. The Balaban J connectivity index is 2.81. The van der Waals surface area contributed by atoms with Crippen LogP contribution in [0.3, 0.4) is 0 Å². The molecular weight excluding hydrogens is 156 g/mol. The summed E-state index contributed by atoms with van der Waals surface area (Å²) in [6.45, 7) is 5.75. The van der Waals surface area contributed by atoms with Gasteiger partial charge in [-0.2, -0.15) is 0 Å². The van der Waals surface area contributed by atoms with Crippen LogP contribution in [0, 0.1) is 0 Å². The van der Waals surface area contributed by atoms with Crippen LogP contribution < -0.4 is 0 Å². The van der Waals surface area contributed by atoms with Crippen molar-refractivity contribution in [1.82, 2.24) is 0 Å². The summed E-state index contributed by atoms with van der Waals surface area (Å²) in [7, 11) is 0. The standard InChI is InChI=1S/C9H16O3/c1-5(2)7-4-6(3)12-9(11)8(7)10/h6,8-11H,4H2,1-3H3/t6-,8?,9-/m1/s1. The van der Waals surface area contributed by atoms with Crippen LogP contribution in [0.1, 0.15) is 27.2 Å². The first kappa shape index (κ1) is 9.71. The molecule has 0 amide bonds. The van der Waals surface area contributed by atoms with Gasteiger partial charge in [0, 0.05) is 0 Å². The van der Waals surface area contributed by atoms with Gasteiger partial charge in [0.05, 0.1) is 6.10 Å². The molecular formula is C9H16O3. The van der Waals surface area contributed by atoms with E-state index in [2.05, 4.69) is 0 Å². The molecule has 0 saturated carbocycles. The van der Waals surface area contributed by atoms with Gasteiger partial charge in [0.25, 0.3) is 0 Å². The van der Waals surface area contributed by atoms with Gasteiger partial charge in [-0.3, -0.25) is 0 Å². The zero-order valence-corrected chi connectivity index (χ0v) is 7.74. The van der Waals surface area contributed by atoms with Crippen molar-refractivity contribution < 1.29 is 14.9 Å². The number of aliphatic hydroxyl groups excluding tert-OH is 2. The van der Waals surface area contributed by atoms with Gasteiger partial charge >= 0.3 is 0 Å². The SMILES string of the molecule is CC(C)=C1C[C@@H](C)O[C@@H](O)C1O. The predicted octanol–water partition coefficient (Wildman–Crippen LogP) is 0.811. The van der Waals surface area contributed by atoms with E-state index in [0.29, 0.717) is 6.42 Å². The summed E-state index contributed by atoms with van der Waals surface area (Å²) < 4.78 is 5.05. The molecule has 0 aromatic heterocycles.